The van der Waals surface area contributed by atoms with Gasteiger partial charge in [0.25, 0.3) is 0 Å². The highest BCUT2D eigenvalue weighted by Gasteiger charge is 2.34. The minimum absolute atomic E-state index is 0.736. The molecular formula is C17H24N2. The zero-order valence-electron chi connectivity index (χ0n) is 12.4. The fraction of sp³-hybridized carbons (Fsp3) is 0.412. The van der Waals surface area contributed by atoms with Crippen molar-refractivity contribution in [3.05, 3.63) is 54.3 Å². The average molecular weight is 256 g/mol. The van der Waals surface area contributed by atoms with Gasteiger partial charge in [0.15, 0.2) is 0 Å². The van der Waals surface area contributed by atoms with Gasteiger partial charge in [-0.15, -0.1) is 0 Å². The Balaban J connectivity index is 0.000000415. The molecule has 0 heterocycles. The molecule has 2 aliphatic carbocycles. The molecule has 0 N–H and O–H groups in total. The Morgan fingerprint density at radius 1 is 0.895 bits per heavy atom. The van der Waals surface area contributed by atoms with Crippen LogP contribution in [0.4, 0.5) is 5.69 Å². The first-order valence-corrected chi connectivity index (χ1v) is 7.29. The monoisotopic (exact) mass is 256 g/mol. The molecule has 1 aromatic carbocycles. The highest BCUT2D eigenvalue weighted by Crippen LogP contribution is 2.44. The number of benzene rings is 1. The van der Waals surface area contributed by atoms with Crippen LogP contribution in [0, 0.1) is 11.8 Å². The molecule has 0 bridgehead atoms. The molecule has 102 valence electrons. The summed E-state index contributed by atoms with van der Waals surface area (Å²) in [5.41, 5.74) is 1.90. The lowest BCUT2D eigenvalue weighted by Gasteiger charge is -1.98. The van der Waals surface area contributed by atoms with E-state index in [1.165, 1.54) is 6.42 Å². The molecule has 0 spiro atoms. The zero-order chi connectivity index (χ0) is 14.1. The molecule has 1 fully saturated rings. The van der Waals surface area contributed by atoms with Crippen molar-refractivity contribution in [3.8, 4) is 0 Å². The van der Waals surface area contributed by atoms with E-state index in [0.29, 0.717) is 0 Å². The molecule has 0 saturated heterocycles. The van der Waals surface area contributed by atoms with Crippen LogP contribution in [0.5, 0.6) is 0 Å². The molecule has 0 aromatic heterocycles. The number of azo groups is 1. The quantitative estimate of drug-likeness (QED) is 0.587. The maximum atomic E-state index is 4.23. The van der Waals surface area contributed by atoms with Crippen LogP contribution < -0.4 is 0 Å². The molecule has 2 aliphatic rings. The first kappa shape index (κ1) is 15.4. The van der Waals surface area contributed by atoms with Crippen molar-refractivity contribution in [3.63, 3.8) is 0 Å². The second kappa shape index (κ2) is 8.41. The number of hydrogen-bond donors (Lipinski definition) is 0. The largest absolute Gasteiger partial charge is 0.151 e. The molecule has 0 radical (unpaired) electrons. The number of rotatable bonds is 2. The molecule has 2 unspecified atom stereocenters. The van der Waals surface area contributed by atoms with Gasteiger partial charge in [-0.2, -0.15) is 10.2 Å². The molecule has 3 rings (SSSR count). The van der Waals surface area contributed by atoms with Crippen molar-refractivity contribution >= 4 is 5.69 Å². The summed E-state index contributed by atoms with van der Waals surface area (Å²) in [6.45, 7) is 8.00. The van der Waals surface area contributed by atoms with E-state index >= 15 is 0 Å². The van der Waals surface area contributed by atoms with Gasteiger partial charge in [0, 0.05) is 0 Å². The third-order valence-electron chi connectivity index (χ3n) is 2.83. The van der Waals surface area contributed by atoms with Gasteiger partial charge < -0.3 is 0 Å². The predicted molar refractivity (Wildman–Crippen MR) is 82.5 cm³/mol. The summed E-state index contributed by atoms with van der Waals surface area (Å²) in [6, 6.07) is 9.83. The van der Waals surface area contributed by atoms with E-state index in [1.807, 2.05) is 58.0 Å². The van der Waals surface area contributed by atoms with Crippen LogP contribution >= 0.6 is 0 Å². The number of nitrogens with zero attached hydrogens (tertiary/aromatic N) is 2. The van der Waals surface area contributed by atoms with Crippen molar-refractivity contribution < 1.29 is 0 Å². The van der Waals surface area contributed by atoms with E-state index in [4.69, 9.17) is 0 Å². The average Bonchev–Trinajstić information content (AvgIpc) is 3.29. The van der Waals surface area contributed by atoms with Gasteiger partial charge >= 0.3 is 0 Å². The highest BCUT2D eigenvalue weighted by molar-refractivity contribution is 5.36. The maximum Gasteiger partial charge on any atom is 0.0857 e. The standard InChI is InChI=1S/C13H12N2.2C2H6/c1-2-4-12(5-3-1)14-15-13-7-6-10-8-11(10)9-13;2*1-2/h1-7,9-11H,8H2;2*1-2H3. The molecule has 1 saturated carbocycles. The van der Waals surface area contributed by atoms with Crippen molar-refractivity contribution in [1.82, 2.24) is 0 Å². The smallest absolute Gasteiger partial charge is 0.0857 e. The molecule has 19 heavy (non-hydrogen) atoms. The Morgan fingerprint density at radius 2 is 1.58 bits per heavy atom. The summed E-state index contributed by atoms with van der Waals surface area (Å²) in [5.74, 6) is 1.53. The Labute approximate surface area is 117 Å². The summed E-state index contributed by atoms with van der Waals surface area (Å²) in [5, 5.41) is 8.42. The van der Waals surface area contributed by atoms with Gasteiger partial charge in [-0.25, -0.2) is 0 Å². The number of fused-ring (bicyclic) bond motifs is 1. The normalized spacial score (nSPS) is 22.4. The summed E-state index contributed by atoms with van der Waals surface area (Å²) >= 11 is 0. The second-order valence-electron chi connectivity index (χ2n) is 4.05. The fourth-order valence-corrected chi connectivity index (χ4v) is 1.82. The maximum absolute atomic E-state index is 4.23. The van der Waals surface area contributed by atoms with Crippen LogP contribution in [0.1, 0.15) is 34.1 Å². The van der Waals surface area contributed by atoms with Crippen LogP contribution in [0.3, 0.4) is 0 Å². The van der Waals surface area contributed by atoms with Gasteiger partial charge in [-0.3, -0.25) is 0 Å². The van der Waals surface area contributed by atoms with Crippen LogP contribution in [-0.2, 0) is 0 Å². The topological polar surface area (TPSA) is 24.7 Å². The first-order valence-electron chi connectivity index (χ1n) is 7.29. The van der Waals surface area contributed by atoms with Crippen LogP contribution in [0.25, 0.3) is 0 Å². The van der Waals surface area contributed by atoms with Crippen LogP contribution in [-0.4, -0.2) is 0 Å². The molecule has 1 aromatic rings. The third-order valence-corrected chi connectivity index (χ3v) is 2.83. The van der Waals surface area contributed by atoms with Crippen LogP contribution in [0.15, 0.2) is 64.5 Å². The lowest BCUT2D eigenvalue weighted by molar-refractivity contribution is 0.948. The van der Waals surface area contributed by atoms with Crippen molar-refractivity contribution in [2.75, 3.05) is 0 Å². The van der Waals surface area contributed by atoms with Gasteiger partial charge in [-0.05, 0) is 36.5 Å². The molecule has 0 aliphatic heterocycles. The molecular weight excluding hydrogens is 232 g/mol. The Morgan fingerprint density at radius 3 is 2.21 bits per heavy atom. The summed E-state index contributed by atoms with van der Waals surface area (Å²) < 4.78 is 0. The predicted octanol–water partition coefficient (Wildman–Crippen LogP) is 5.91. The zero-order valence-corrected chi connectivity index (χ0v) is 12.4. The SMILES string of the molecule is C1=CC2CC2C=C1N=Nc1ccccc1.CC.CC. The summed E-state index contributed by atoms with van der Waals surface area (Å²) in [7, 11) is 0. The highest BCUT2D eigenvalue weighted by atomic mass is 15.1. The van der Waals surface area contributed by atoms with E-state index in [1.54, 1.807) is 0 Å². The minimum atomic E-state index is 0.736. The van der Waals surface area contributed by atoms with Crippen LogP contribution in [0.2, 0.25) is 0 Å². The lowest BCUT2D eigenvalue weighted by atomic mass is 10.2. The number of hydrogen-bond acceptors (Lipinski definition) is 2. The van der Waals surface area contributed by atoms with Gasteiger partial charge in [0.1, 0.15) is 0 Å². The van der Waals surface area contributed by atoms with E-state index in [2.05, 4.69) is 28.5 Å². The van der Waals surface area contributed by atoms with Crippen molar-refractivity contribution in [2.45, 2.75) is 34.1 Å². The van der Waals surface area contributed by atoms with Gasteiger partial charge in [-0.1, -0.05) is 58.0 Å². The molecule has 2 atom stereocenters. The molecule has 2 nitrogen and oxygen atoms in total. The summed E-state index contributed by atoms with van der Waals surface area (Å²) in [6.07, 6.45) is 7.82. The Kier molecular flexibility index (Phi) is 6.80. The van der Waals surface area contributed by atoms with E-state index in [9.17, 15) is 0 Å². The lowest BCUT2D eigenvalue weighted by Crippen LogP contribution is -1.83. The first-order chi connectivity index (χ1) is 9.42. The van der Waals surface area contributed by atoms with Crippen molar-refractivity contribution in [2.24, 2.45) is 22.1 Å². The Bertz CT molecular complexity index is 444. The molecule has 2 heteroatoms. The van der Waals surface area contributed by atoms with Gasteiger partial charge in [0.05, 0.1) is 11.4 Å². The Hall–Kier alpha value is -1.70. The third kappa shape index (κ3) is 4.82. The molecule has 0 amide bonds. The fourth-order valence-electron chi connectivity index (χ4n) is 1.82. The second-order valence-corrected chi connectivity index (χ2v) is 4.05. The van der Waals surface area contributed by atoms with Crippen molar-refractivity contribution in [1.29, 1.82) is 0 Å². The minimum Gasteiger partial charge on any atom is -0.151 e. The number of allylic oxidation sites excluding steroid dienone is 3. The van der Waals surface area contributed by atoms with E-state index in [-0.39, 0.29) is 0 Å². The summed E-state index contributed by atoms with van der Waals surface area (Å²) in [4.78, 5) is 0. The van der Waals surface area contributed by atoms with E-state index < -0.39 is 0 Å². The van der Waals surface area contributed by atoms with E-state index in [0.717, 1.165) is 23.2 Å². The van der Waals surface area contributed by atoms with Gasteiger partial charge in [0.2, 0.25) is 0 Å².